The Kier molecular flexibility index (Phi) is 5.81. The molecule has 160 valence electrons. The van der Waals surface area contributed by atoms with Crippen LogP contribution in [0.2, 0.25) is 0 Å². The molecular formula is C20H21FN2O5S2. The highest BCUT2D eigenvalue weighted by molar-refractivity contribution is 7.89. The average Bonchev–Trinajstić information content (AvgIpc) is 3.15. The molecule has 30 heavy (non-hydrogen) atoms. The molecule has 4 rings (SSSR count). The van der Waals surface area contributed by atoms with Gasteiger partial charge in [0, 0.05) is 13.1 Å². The summed E-state index contributed by atoms with van der Waals surface area (Å²) in [6.07, 6.45) is 0.875. The maximum absolute atomic E-state index is 13.6. The van der Waals surface area contributed by atoms with Crippen molar-refractivity contribution >= 4 is 31.6 Å². The van der Waals surface area contributed by atoms with Crippen molar-refractivity contribution in [1.82, 2.24) is 9.29 Å². The lowest BCUT2D eigenvalue weighted by molar-refractivity contribution is 0.135. The molecule has 0 atom stereocenters. The van der Waals surface area contributed by atoms with Gasteiger partial charge in [0.1, 0.15) is 28.3 Å². The van der Waals surface area contributed by atoms with Crippen LogP contribution >= 0.6 is 11.3 Å². The van der Waals surface area contributed by atoms with E-state index in [1.807, 2.05) is 18.2 Å². The number of ether oxygens (including phenoxy) is 3. The number of benzene rings is 2. The van der Waals surface area contributed by atoms with Crippen LogP contribution in [0.5, 0.6) is 16.7 Å². The van der Waals surface area contributed by atoms with E-state index in [-0.39, 0.29) is 29.8 Å². The number of nitrogens with zero attached hydrogens (tertiary/aromatic N) is 2. The summed E-state index contributed by atoms with van der Waals surface area (Å²) in [5.41, 5.74) is 0.828. The van der Waals surface area contributed by atoms with Crippen molar-refractivity contribution in [3.8, 4) is 16.7 Å². The Balaban J connectivity index is 1.44. The zero-order valence-corrected chi connectivity index (χ0v) is 18.1. The van der Waals surface area contributed by atoms with E-state index in [0.717, 1.165) is 22.0 Å². The molecule has 0 amide bonds. The van der Waals surface area contributed by atoms with Gasteiger partial charge in [-0.2, -0.15) is 4.31 Å². The van der Waals surface area contributed by atoms with Gasteiger partial charge in [-0.15, -0.1) is 0 Å². The second kappa shape index (κ2) is 8.37. The van der Waals surface area contributed by atoms with E-state index in [0.29, 0.717) is 18.0 Å². The summed E-state index contributed by atoms with van der Waals surface area (Å²) in [5, 5.41) is 0.548. The minimum atomic E-state index is -3.87. The van der Waals surface area contributed by atoms with Crippen molar-refractivity contribution in [2.24, 2.45) is 0 Å². The van der Waals surface area contributed by atoms with Gasteiger partial charge in [-0.1, -0.05) is 11.3 Å². The maximum atomic E-state index is 13.6. The molecule has 10 heteroatoms. The molecule has 2 heterocycles. The van der Waals surface area contributed by atoms with Crippen LogP contribution in [0.25, 0.3) is 10.2 Å². The number of thiazole rings is 1. The van der Waals surface area contributed by atoms with Gasteiger partial charge in [-0.05, 0) is 49.2 Å². The van der Waals surface area contributed by atoms with E-state index in [9.17, 15) is 12.8 Å². The fourth-order valence-electron chi connectivity index (χ4n) is 3.39. The number of fused-ring (bicyclic) bond motifs is 1. The molecule has 1 saturated heterocycles. The molecule has 0 saturated carbocycles. The van der Waals surface area contributed by atoms with Crippen LogP contribution in [0.1, 0.15) is 12.8 Å². The summed E-state index contributed by atoms with van der Waals surface area (Å²) in [6.45, 7) is 0.538. The first kappa shape index (κ1) is 20.8. The van der Waals surface area contributed by atoms with Crippen LogP contribution in [0.3, 0.4) is 0 Å². The fraction of sp³-hybridized carbons (Fsp3) is 0.350. The van der Waals surface area contributed by atoms with Crippen molar-refractivity contribution < 1.29 is 27.0 Å². The molecule has 1 aliphatic rings. The van der Waals surface area contributed by atoms with Crippen LogP contribution in [0.15, 0.2) is 41.3 Å². The maximum Gasteiger partial charge on any atom is 0.274 e. The smallest absolute Gasteiger partial charge is 0.274 e. The van der Waals surface area contributed by atoms with Crippen molar-refractivity contribution in [2.45, 2.75) is 23.8 Å². The molecule has 1 aromatic heterocycles. The van der Waals surface area contributed by atoms with Gasteiger partial charge in [-0.3, -0.25) is 0 Å². The first-order valence-electron chi connectivity index (χ1n) is 9.35. The molecule has 0 unspecified atom stereocenters. The summed E-state index contributed by atoms with van der Waals surface area (Å²) in [5.74, 6) is 0.253. The standard InChI is InChI=1S/C20H21FN2O5S2/c1-26-15-4-5-16-18(12-15)29-20(22-16)28-14-7-9-23(10-8-14)30(24,25)19-11-13(21)3-6-17(19)27-2/h3-6,11-12,14H,7-10H2,1-2H3. The molecule has 0 spiro atoms. The van der Waals surface area contributed by atoms with Gasteiger partial charge in [0.2, 0.25) is 10.0 Å². The first-order chi connectivity index (χ1) is 14.4. The monoisotopic (exact) mass is 452 g/mol. The normalized spacial score (nSPS) is 16.0. The summed E-state index contributed by atoms with van der Waals surface area (Å²) < 4.78 is 58.3. The van der Waals surface area contributed by atoms with Gasteiger partial charge >= 0.3 is 0 Å². The van der Waals surface area contributed by atoms with Crippen molar-refractivity contribution in [2.75, 3.05) is 27.3 Å². The molecule has 1 aliphatic heterocycles. The third-order valence-electron chi connectivity index (χ3n) is 4.99. The SMILES string of the molecule is COc1ccc2nc(OC3CCN(S(=O)(=O)c4cc(F)ccc4OC)CC3)sc2c1. The second-order valence-electron chi connectivity index (χ2n) is 6.83. The molecule has 2 aromatic carbocycles. The van der Waals surface area contributed by atoms with Crippen LogP contribution in [-0.4, -0.2) is 51.1 Å². The summed E-state index contributed by atoms with van der Waals surface area (Å²) >= 11 is 1.43. The van der Waals surface area contributed by atoms with E-state index in [1.165, 1.54) is 34.9 Å². The van der Waals surface area contributed by atoms with Gasteiger partial charge in [0.25, 0.3) is 5.19 Å². The minimum absolute atomic E-state index is 0.125. The van der Waals surface area contributed by atoms with E-state index in [4.69, 9.17) is 14.2 Å². The molecular weight excluding hydrogens is 431 g/mol. The Morgan fingerprint density at radius 2 is 1.87 bits per heavy atom. The van der Waals surface area contributed by atoms with E-state index >= 15 is 0 Å². The number of rotatable bonds is 6. The third kappa shape index (κ3) is 4.07. The highest BCUT2D eigenvalue weighted by atomic mass is 32.2. The van der Waals surface area contributed by atoms with Crippen LogP contribution < -0.4 is 14.2 Å². The Morgan fingerprint density at radius 1 is 1.10 bits per heavy atom. The molecule has 3 aromatic rings. The van der Waals surface area contributed by atoms with E-state index in [2.05, 4.69) is 4.98 Å². The Hall–Kier alpha value is -2.43. The van der Waals surface area contributed by atoms with Gasteiger partial charge in [0.05, 0.1) is 24.4 Å². The summed E-state index contributed by atoms with van der Waals surface area (Å²) in [6, 6.07) is 9.11. The number of sulfonamides is 1. The Bertz CT molecular complexity index is 1160. The predicted octanol–water partition coefficient (Wildman–Crippen LogP) is 3.68. The third-order valence-corrected chi connectivity index (χ3v) is 7.82. The van der Waals surface area contributed by atoms with Crippen LogP contribution in [0.4, 0.5) is 4.39 Å². The molecule has 0 bridgehead atoms. The highest BCUT2D eigenvalue weighted by Gasteiger charge is 2.32. The van der Waals surface area contributed by atoms with Gasteiger partial charge in [-0.25, -0.2) is 17.8 Å². The van der Waals surface area contributed by atoms with E-state index < -0.39 is 15.8 Å². The lowest BCUT2D eigenvalue weighted by Gasteiger charge is -2.31. The van der Waals surface area contributed by atoms with Gasteiger partial charge in [0.15, 0.2) is 0 Å². The number of piperidine rings is 1. The summed E-state index contributed by atoms with van der Waals surface area (Å²) in [7, 11) is -0.893. The molecule has 1 fully saturated rings. The summed E-state index contributed by atoms with van der Waals surface area (Å²) in [4.78, 5) is 4.32. The lowest BCUT2D eigenvalue weighted by Crippen LogP contribution is -2.41. The lowest BCUT2D eigenvalue weighted by atomic mass is 10.1. The predicted molar refractivity (Wildman–Crippen MR) is 112 cm³/mol. The van der Waals surface area contributed by atoms with E-state index in [1.54, 1.807) is 7.11 Å². The van der Waals surface area contributed by atoms with Crippen molar-refractivity contribution in [3.05, 3.63) is 42.2 Å². The number of hydrogen-bond donors (Lipinski definition) is 0. The number of halogens is 1. The van der Waals surface area contributed by atoms with Crippen molar-refractivity contribution in [3.63, 3.8) is 0 Å². The number of hydrogen-bond acceptors (Lipinski definition) is 7. The Labute approximate surface area is 178 Å². The van der Waals surface area contributed by atoms with Crippen molar-refractivity contribution in [1.29, 1.82) is 0 Å². The Morgan fingerprint density at radius 3 is 2.57 bits per heavy atom. The molecule has 0 N–H and O–H groups in total. The number of aromatic nitrogens is 1. The minimum Gasteiger partial charge on any atom is -0.497 e. The first-order valence-corrected chi connectivity index (χ1v) is 11.6. The number of methoxy groups -OCH3 is 2. The molecule has 7 nitrogen and oxygen atoms in total. The quantitative estimate of drug-likeness (QED) is 0.568. The fourth-order valence-corrected chi connectivity index (χ4v) is 5.93. The van der Waals surface area contributed by atoms with Crippen LogP contribution in [0, 0.1) is 5.82 Å². The topological polar surface area (TPSA) is 78.0 Å². The second-order valence-corrected chi connectivity index (χ2v) is 9.73. The highest BCUT2D eigenvalue weighted by Crippen LogP contribution is 2.33. The largest absolute Gasteiger partial charge is 0.497 e. The molecule has 0 radical (unpaired) electrons. The average molecular weight is 453 g/mol. The zero-order valence-electron chi connectivity index (χ0n) is 16.5. The van der Waals surface area contributed by atoms with Gasteiger partial charge < -0.3 is 14.2 Å². The molecule has 0 aliphatic carbocycles. The zero-order chi connectivity index (χ0) is 21.3. The van der Waals surface area contributed by atoms with Crippen LogP contribution in [-0.2, 0) is 10.0 Å².